The molecule has 16 heavy (non-hydrogen) atoms. The van der Waals surface area contributed by atoms with Crippen LogP contribution in [0.15, 0.2) is 35.2 Å². The molecule has 0 aliphatic heterocycles. The lowest BCUT2D eigenvalue weighted by molar-refractivity contribution is 0.516. The summed E-state index contributed by atoms with van der Waals surface area (Å²) in [5, 5.41) is 0. The zero-order valence-corrected chi connectivity index (χ0v) is 11.0. The maximum absolute atomic E-state index is 11.9. The molecule has 4 nitrogen and oxygen atoms in total. The summed E-state index contributed by atoms with van der Waals surface area (Å²) in [5.41, 5.74) is 0. The van der Waals surface area contributed by atoms with Gasteiger partial charge in [-0.15, -0.1) is 0 Å². The molecule has 0 bridgehead atoms. The average Bonchev–Trinajstić information content (AvgIpc) is 2.27. The van der Waals surface area contributed by atoms with Crippen LogP contribution >= 0.6 is 8.81 Å². The molecular formula is C10H16NO3PS. The van der Waals surface area contributed by atoms with Gasteiger partial charge in [0.2, 0.25) is 10.0 Å². The van der Waals surface area contributed by atoms with E-state index in [2.05, 4.69) is 4.72 Å². The minimum Gasteiger partial charge on any atom is -0.375 e. The second-order valence-electron chi connectivity index (χ2n) is 3.79. The molecule has 6 heteroatoms. The molecule has 1 aromatic rings. The Bertz CT molecular complexity index is 419. The summed E-state index contributed by atoms with van der Waals surface area (Å²) >= 11 is 0. The van der Waals surface area contributed by atoms with Crippen molar-refractivity contribution in [1.82, 2.24) is 4.72 Å². The van der Waals surface area contributed by atoms with E-state index in [0.29, 0.717) is 0 Å². The van der Waals surface area contributed by atoms with Gasteiger partial charge in [-0.2, -0.15) is 0 Å². The highest BCUT2D eigenvalue weighted by molar-refractivity contribution is 7.89. The predicted molar refractivity (Wildman–Crippen MR) is 65.9 cm³/mol. The van der Waals surface area contributed by atoms with Crippen molar-refractivity contribution < 1.29 is 13.3 Å². The van der Waals surface area contributed by atoms with E-state index in [1.807, 2.05) is 13.8 Å². The van der Waals surface area contributed by atoms with Crippen LogP contribution < -0.4 is 4.72 Å². The van der Waals surface area contributed by atoms with Crippen LogP contribution in [0.5, 0.6) is 0 Å². The fourth-order valence-corrected chi connectivity index (χ4v) is 3.38. The molecule has 0 aliphatic rings. The van der Waals surface area contributed by atoms with Gasteiger partial charge in [0.15, 0.2) is 0 Å². The molecule has 0 saturated carbocycles. The highest BCUT2D eigenvalue weighted by Gasteiger charge is 2.21. The summed E-state index contributed by atoms with van der Waals surface area (Å²) in [6, 6.07) is 8.15. The fourth-order valence-electron chi connectivity index (χ4n) is 1.15. The van der Waals surface area contributed by atoms with Gasteiger partial charge >= 0.3 is 0 Å². The summed E-state index contributed by atoms with van der Waals surface area (Å²) in [5.74, 6) is -0.368. The van der Waals surface area contributed by atoms with Gasteiger partial charge in [0.05, 0.1) is 10.7 Å². The zero-order chi connectivity index (χ0) is 12.2. The number of hydrogen-bond donors (Lipinski definition) is 2. The lowest BCUT2D eigenvalue weighted by Gasteiger charge is -2.19. The molecule has 0 spiro atoms. The Hall–Kier alpha value is -0.480. The molecule has 90 valence electrons. The Morgan fingerprint density at radius 3 is 2.25 bits per heavy atom. The SMILES string of the molecule is CC(C)C(NS(=O)(=O)c1ccccc1)PO. The molecule has 0 aromatic heterocycles. The van der Waals surface area contributed by atoms with Gasteiger partial charge in [0, 0.05) is 8.81 Å². The topological polar surface area (TPSA) is 66.4 Å². The molecule has 1 aromatic carbocycles. The van der Waals surface area contributed by atoms with E-state index in [4.69, 9.17) is 4.89 Å². The van der Waals surface area contributed by atoms with Crippen molar-refractivity contribution in [2.75, 3.05) is 0 Å². The van der Waals surface area contributed by atoms with Crippen LogP contribution in [0.4, 0.5) is 0 Å². The number of hydrogen-bond acceptors (Lipinski definition) is 3. The zero-order valence-electron chi connectivity index (χ0n) is 9.21. The van der Waals surface area contributed by atoms with Crippen molar-refractivity contribution in [2.45, 2.75) is 24.5 Å². The molecule has 0 amide bonds. The number of rotatable bonds is 5. The number of sulfonamides is 1. The lowest BCUT2D eigenvalue weighted by Crippen LogP contribution is -2.35. The number of benzene rings is 1. The molecule has 0 aliphatic carbocycles. The van der Waals surface area contributed by atoms with Crippen molar-refractivity contribution in [3.8, 4) is 0 Å². The maximum Gasteiger partial charge on any atom is 0.241 e. The highest BCUT2D eigenvalue weighted by Crippen LogP contribution is 2.21. The average molecular weight is 261 g/mol. The molecule has 0 radical (unpaired) electrons. The molecule has 2 N–H and O–H groups in total. The minimum atomic E-state index is -3.52. The van der Waals surface area contributed by atoms with Crippen molar-refractivity contribution in [3.05, 3.63) is 30.3 Å². The van der Waals surface area contributed by atoms with Gasteiger partial charge in [-0.1, -0.05) is 32.0 Å². The van der Waals surface area contributed by atoms with Crippen LogP contribution in [0, 0.1) is 5.92 Å². The Balaban J connectivity index is 2.88. The summed E-state index contributed by atoms with van der Waals surface area (Å²) in [7, 11) is -3.96. The van der Waals surface area contributed by atoms with E-state index >= 15 is 0 Å². The third-order valence-electron chi connectivity index (χ3n) is 2.14. The van der Waals surface area contributed by atoms with Gasteiger partial charge in [-0.05, 0) is 18.1 Å². The minimum absolute atomic E-state index is 0.0572. The van der Waals surface area contributed by atoms with E-state index in [-0.39, 0.29) is 10.8 Å². The van der Waals surface area contributed by atoms with Crippen LogP contribution in [0.2, 0.25) is 0 Å². The molecule has 0 fully saturated rings. The summed E-state index contributed by atoms with van der Waals surface area (Å²) in [4.78, 5) is 9.33. The first-order chi connectivity index (χ1) is 7.47. The van der Waals surface area contributed by atoms with Crippen molar-refractivity contribution in [3.63, 3.8) is 0 Å². The standard InChI is InChI=1S/C10H16NO3PS/c1-8(2)10(15-12)11-16(13,14)9-6-4-3-5-7-9/h3-8,10-12,15H,1-2H3. The van der Waals surface area contributed by atoms with Gasteiger partial charge in [-0.3, -0.25) is 0 Å². The van der Waals surface area contributed by atoms with E-state index in [9.17, 15) is 8.42 Å². The second kappa shape index (κ2) is 5.73. The molecule has 2 atom stereocenters. The van der Waals surface area contributed by atoms with Gasteiger partial charge in [-0.25, -0.2) is 13.1 Å². The van der Waals surface area contributed by atoms with Crippen LogP contribution in [0.25, 0.3) is 0 Å². The van der Waals surface area contributed by atoms with Crippen LogP contribution in [-0.2, 0) is 10.0 Å². The molecule has 2 unspecified atom stereocenters. The molecule has 1 rings (SSSR count). The Kier molecular flexibility index (Phi) is 4.87. The normalized spacial score (nSPS) is 14.8. The second-order valence-corrected chi connectivity index (χ2v) is 6.38. The third-order valence-corrected chi connectivity index (χ3v) is 4.90. The quantitative estimate of drug-likeness (QED) is 0.790. The first-order valence-electron chi connectivity index (χ1n) is 4.94. The maximum atomic E-state index is 11.9. The van der Waals surface area contributed by atoms with E-state index < -0.39 is 24.6 Å². The van der Waals surface area contributed by atoms with E-state index in [1.54, 1.807) is 18.2 Å². The van der Waals surface area contributed by atoms with Crippen molar-refractivity contribution in [1.29, 1.82) is 0 Å². The molecule has 0 heterocycles. The van der Waals surface area contributed by atoms with E-state index in [1.165, 1.54) is 12.1 Å². The van der Waals surface area contributed by atoms with Gasteiger partial charge in [0.25, 0.3) is 0 Å². The van der Waals surface area contributed by atoms with E-state index in [0.717, 1.165) is 0 Å². The number of nitrogens with one attached hydrogen (secondary N) is 1. The fraction of sp³-hybridized carbons (Fsp3) is 0.400. The Morgan fingerprint density at radius 2 is 1.81 bits per heavy atom. The molecule has 0 saturated heterocycles. The first-order valence-corrected chi connectivity index (χ1v) is 7.45. The molecular weight excluding hydrogens is 245 g/mol. The Labute approximate surface area is 98.0 Å². The van der Waals surface area contributed by atoms with Crippen molar-refractivity contribution in [2.24, 2.45) is 5.92 Å². The highest BCUT2D eigenvalue weighted by atomic mass is 32.2. The first kappa shape index (κ1) is 13.6. The summed E-state index contributed by atoms with van der Waals surface area (Å²) < 4.78 is 26.3. The lowest BCUT2D eigenvalue weighted by atomic mass is 10.2. The van der Waals surface area contributed by atoms with Crippen molar-refractivity contribution >= 4 is 18.8 Å². The predicted octanol–water partition coefficient (Wildman–Crippen LogP) is 1.53. The summed E-state index contributed by atoms with van der Waals surface area (Å²) in [6.45, 7) is 3.72. The van der Waals surface area contributed by atoms with Crippen LogP contribution in [0.1, 0.15) is 13.8 Å². The monoisotopic (exact) mass is 261 g/mol. The third kappa shape index (κ3) is 3.52. The largest absolute Gasteiger partial charge is 0.375 e. The summed E-state index contributed by atoms with van der Waals surface area (Å²) in [6.07, 6.45) is 0. The van der Waals surface area contributed by atoms with Crippen LogP contribution in [-0.4, -0.2) is 19.1 Å². The smallest absolute Gasteiger partial charge is 0.241 e. The van der Waals surface area contributed by atoms with Crippen LogP contribution in [0.3, 0.4) is 0 Å². The van der Waals surface area contributed by atoms with Gasteiger partial charge in [0.1, 0.15) is 0 Å². The Morgan fingerprint density at radius 1 is 1.25 bits per heavy atom. The van der Waals surface area contributed by atoms with Gasteiger partial charge < -0.3 is 4.89 Å².